The molecular formula is C44H59N7O7. The van der Waals surface area contributed by atoms with Crippen molar-refractivity contribution < 1.29 is 28.9 Å². The number of amides is 3. The number of likely N-dealkylation sites (tertiary alicyclic amines) is 2. The average molecular weight is 798 g/mol. The Morgan fingerprint density at radius 1 is 0.879 bits per heavy atom. The number of benzene rings is 1. The molecule has 58 heavy (non-hydrogen) atoms. The molecule has 0 radical (unpaired) electrons. The van der Waals surface area contributed by atoms with Gasteiger partial charge in [-0.05, 0) is 79.3 Å². The third-order valence-corrected chi connectivity index (χ3v) is 12.1. The zero-order chi connectivity index (χ0) is 40.6. The van der Waals surface area contributed by atoms with Gasteiger partial charge < -0.3 is 43.5 Å². The van der Waals surface area contributed by atoms with Crippen LogP contribution < -0.4 is 20.3 Å². The molecule has 0 bridgehead atoms. The summed E-state index contributed by atoms with van der Waals surface area (Å²) in [6.07, 6.45) is 17.7. The molecule has 3 saturated heterocycles. The second kappa shape index (κ2) is 19.3. The van der Waals surface area contributed by atoms with E-state index in [0.29, 0.717) is 25.0 Å². The van der Waals surface area contributed by atoms with Gasteiger partial charge in [-0.3, -0.25) is 19.9 Å². The number of aryl methyl sites for hydroxylation is 1. The molecule has 3 aromatic rings. The van der Waals surface area contributed by atoms with E-state index in [-0.39, 0.29) is 36.6 Å². The quantitative estimate of drug-likeness (QED) is 0.213. The zero-order valence-corrected chi connectivity index (χ0v) is 34.2. The fourth-order valence-corrected chi connectivity index (χ4v) is 8.64. The van der Waals surface area contributed by atoms with Gasteiger partial charge in [0.15, 0.2) is 6.23 Å². The van der Waals surface area contributed by atoms with Gasteiger partial charge in [0, 0.05) is 108 Å². The number of imide groups is 1. The van der Waals surface area contributed by atoms with E-state index >= 15 is 0 Å². The number of pyridine rings is 2. The van der Waals surface area contributed by atoms with Gasteiger partial charge in [0.1, 0.15) is 11.5 Å². The number of aliphatic hydroxyl groups is 1. The first-order chi connectivity index (χ1) is 28.2. The molecule has 3 amide bonds. The van der Waals surface area contributed by atoms with Gasteiger partial charge in [-0.15, -0.1) is 0 Å². The largest absolute Gasteiger partial charge is 0.496 e. The zero-order valence-electron chi connectivity index (χ0n) is 34.2. The van der Waals surface area contributed by atoms with Gasteiger partial charge in [-0.1, -0.05) is 19.4 Å². The van der Waals surface area contributed by atoms with Crippen LogP contribution in [0.15, 0.2) is 65.5 Å². The summed E-state index contributed by atoms with van der Waals surface area (Å²) in [6, 6.07) is 5.64. The van der Waals surface area contributed by atoms with Gasteiger partial charge >= 0.3 is 6.03 Å². The Morgan fingerprint density at radius 2 is 1.57 bits per heavy atom. The normalized spacial score (nSPS) is 20.1. The molecule has 0 saturated carbocycles. The van der Waals surface area contributed by atoms with Crippen molar-refractivity contribution >= 4 is 22.7 Å². The van der Waals surface area contributed by atoms with E-state index in [2.05, 4.69) is 39.2 Å². The minimum atomic E-state index is -0.802. The Hall–Kier alpha value is -4.76. The maximum Gasteiger partial charge on any atom is 0.324 e. The van der Waals surface area contributed by atoms with E-state index < -0.39 is 12.3 Å². The molecule has 0 spiro atoms. The minimum Gasteiger partial charge on any atom is -0.496 e. The summed E-state index contributed by atoms with van der Waals surface area (Å²) in [7, 11) is 3.41. The third kappa shape index (κ3) is 9.74. The summed E-state index contributed by atoms with van der Waals surface area (Å²) in [6.45, 7) is 9.70. The topological polar surface area (TPSA) is 142 Å². The fourth-order valence-electron chi connectivity index (χ4n) is 8.64. The van der Waals surface area contributed by atoms with Crippen molar-refractivity contribution in [2.75, 3.05) is 73.1 Å². The number of allylic oxidation sites excluding steroid dienone is 2. The highest BCUT2D eigenvalue weighted by Gasteiger charge is 2.30. The van der Waals surface area contributed by atoms with E-state index in [1.807, 2.05) is 35.5 Å². The molecule has 14 nitrogen and oxygen atoms in total. The summed E-state index contributed by atoms with van der Waals surface area (Å²) in [5.74, 6) is 1.30. The van der Waals surface area contributed by atoms with Crippen LogP contribution in [0.4, 0.5) is 4.79 Å². The monoisotopic (exact) mass is 797 g/mol. The first kappa shape index (κ1) is 41.4. The minimum absolute atomic E-state index is 0.0200. The SMILES string of the molecule is CCCCn1cc(-c2cc(OC)c(CCN3CCC(OC4CCN(CCN5C=CC=C(CN6CCC(=O)NC6=O)C5O)CC4)CC3)c(OC)c2)c2ccncc2c1=O. The molecule has 4 aliphatic rings. The third-order valence-electron chi connectivity index (χ3n) is 12.1. The Labute approximate surface area is 341 Å². The first-order valence-corrected chi connectivity index (χ1v) is 21.0. The van der Waals surface area contributed by atoms with Gasteiger partial charge in [-0.25, -0.2) is 4.79 Å². The number of ether oxygens (including phenoxy) is 3. The van der Waals surface area contributed by atoms with Crippen molar-refractivity contribution in [3.63, 3.8) is 0 Å². The predicted octanol–water partition coefficient (Wildman–Crippen LogP) is 4.38. The number of carbonyl (C=O) groups is 2. The number of hydrogen-bond donors (Lipinski definition) is 2. The molecule has 1 atom stereocenters. The van der Waals surface area contributed by atoms with E-state index in [4.69, 9.17) is 14.2 Å². The van der Waals surface area contributed by atoms with Crippen LogP contribution in [-0.4, -0.2) is 138 Å². The smallest absolute Gasteiger partial charge is 0.324 e. The van der Waals surface area contributed by atoms with Crippen LogP contribution in [0, 0.1) is 0 Å². The number of aliphatic hydroxyl groups excluding tert-OH is 1. The molecule has 2 N–H and O–H groups in total. The number of nitrogens with one attached hydrogen (secondary N) is 1. The second-order valence-electron chi connectivity index (χ2n) is 15.9. The molecule has 14 heteroatoms. The van der Waals surface area contributed by atoms with Crippen LogP contribution in [0.3, 0.4) is 0 Å². The molecule has 1 unspecified atom stereocenters. The van der Waals surface area contributed by atoms with Crippen LogP contribution in [-0.2, 0) is 22.5 Å². The number of aromatic nitrogens is 2. The lowest BCUT2D eigenvalue weighted by atomic mass is 9.97. The van der Waals surface area contributed by atoms with Crippen LogP contribution in [0.2, 0.25) is 0 Å². The van der Waals surface area contributed by atoms with Gasteiger partial charge in [0.2, 0.25) is 5.91 Å². The van der Waals surface area contributed by atoms with Crippen molar-refractivity contribution in [3.8, 4) is 22.6 Å². The number of urea groups is 1. The van der Waals surface area contributed by atoms with Crippen LogP contribution in [0.1, 0.15) is 57.4 Å². The van der Waals surface area contributed by atoms with Crippen LogP contribution in [0.25, 0.3) is 21.9 Å². The highest BCUT2D eigenvalue weighted by atomic mass is 16.5. The number of unbranched alkanes of at least 4 members (excludes halogenated alkanes) is 1. The van der Waals surface area contributed by atoms with E-state index in [1.54, 1.807) is 36.1 Å². The lowest BCUT2D eigenvalue weighted by molar-refractivity contribution is -0.121. The van der Waals surface area contributed by atoms with Crippen molar-refractivity contribution in [1.82, 2.24) is 34.5 Å². The lowest BCUT2D eigenvalue weighted by Gasteiger charge is -2.38. The van der Waals surface area contributed by atoms with E-state index in [0.717, 1.165) is 123 Å². The molecule has 7 rings (SSSR count). The summed E-state index contributed by atoms with van der Waals surface area (Å²) < 4.78 is 20.4. The van der Waals surface area contributed by atoms with Gasteiger partial charge in [0.25, 0.3) is 5.56 Å². The highest BCUT2D eigenvalue weighted by molar-refractivity contribution is 5.97. The number of methoxy groups -OCH3 is 2. The van der Waals surface area contributed by atoms with Crippen molar-refractivity contribution in [3.05, 3.63) is 76.6 Å². The summed E-state index contributed by atoms with van der Waals surface area (Å²) >= 11 is 0. The van der Waals surface area contributed by atoms with Crippen molar-refractivity contribution in [1.29, 1.82) is 0 Å². The maximum atomic E-state index is 13.3. The van der Waals surface area contributed by atoms with Crippen molar-refractivity contribution in [2.24, 2.45) is 0 Å². The Morgan fingerprint density at radius 3 is 2.22 bits per heavy atom. The Bertz CT molecular complexity index is 2010. The number of piperidine rings is 2. The number of rotatable bonds is 16. The second-order valence-corrected chi connectivity index (χ2v) is 15.9. The predicted molar refractivity (Wildman–Crippen MR) is 223 cm³/mol. The number of hydrogen-bond acceptors (Lipinski definition) is 11. The maximum absolute atomic E-state index is 13.3. The first-order valence-electron chi connectivity index (χ1n) is 21.0. The number of fused-ring (bicyclic) bond motifs is 1. The molecule has 4 aliphatic heterocycles. The molecule has 6 heterocycles. The standard InChI is InChI=1S/C44H59N7O7/c1-4-5-16-50-30-38(35-8-15-45-28-37(35)43(50)54)32-26-39(56-2)36(40(27-32)57-3)13-22-47-18-9-33(10-19-47)58-34-11-20-48(21-12-34)24-25-49-17-6-7-31(42(49)53)29-51-23-14-41(52)46-44(51)55/h6-8,15,17,26-28,30,33-34,42,53H,4-5,9-14,16,18-25,29H2,1-3H3,(H,46,52,55). The molecule has 0 aliphatic carbocycles. The molecule has 3 fully saturated rings. The summed E-state index contributed by atoms with van der Waals surface area (Å²) in [4.78, 5) is 49.6. The van der Waals surface area contributed by atoms with E-state index in [9.17, 15) is 19.5 Å². The molecule has 2 aromatic heterocycles. The van der Waals surface area contributed by atoms with Gasteiger partial charge in [-0.2, -0.15) is 0 Å². The fraction of sp³-hybridized carbons (Fsp3) is 0.545. The molecule has 312 valence electrons. The molecule has 1 aromatic carbocycles. The summed E-state index contributed by atoms with van der Waals surface area (Å²) in [5.41, 5.74) is 3.65. The Kier molecular flexibility index (Phi) is 13.8. The molecular weight excluding hydrogens is 739 g/mol. The van der Waals surface area contributed by atoms with E-state index in [1.165, 1.54) is 0 Å². The van der Waals surface area contributed by atoms with Crippen LogP contribution >= 0.6 is 0 Å². The highest BCUT2D eigenvalue weighted by Crippen LogP contribution is 2.38. The van der Waals surface area contributed by atoms with Crippen molar-refractivity contribution in [2.45, 2.75) is 83.3 Å². The lowest BCUT2D eigenvalue weighted by Crippen LogP contribution is -2.51. The summed E-state index contributed by atoms with van der Waals surface area (Å²) in [5, 5.41) is 14.9. The average Bonchev–Trinajstić information content (AvgIpc) is 3.24. The number of nitrogens with zero attached hydrogens (tertiary/aromatic N) is 6. The van der Waals surface area contributed by atoms with Gasteiger partial charge in [0.05, 0.1) is 31.8 Å². The van der Waals surface area contributed by atoms with Crippen LogP contribution in [0.5, 0.6) is 11.5 Å². The number of carbonyl (C=O) groups excluding carboxylic acids is 2. The Balaban J connectivity index is 0.862.